The molecule has 148 valence electrons. The van der Waals surface area contributed by atoms with Crippen molar-refractivity contribution in [2.45, 2.75) is 45.7 Å². The number of hydrogen-bond acceptors (Lipinski definition) is 5. The van der Waals surface area contributed by atoms with Gasteiger partial charge in [0.15, 0.2) is 0 Å². The van der Waals surface area contributed by atoms with Gasteiger partial charge in [0.1, 0.15) is 23.5 Å². The van der Waals surface area contributed by atoms with Gasteiger partial charge in [-0.05, 0) is 38.2 Å². The zero-order valence-electron chi connectivity index (χ0n) is 16.8. The van der Waals surface area contributed by atoms with Gasteiger partial charge in [-0.15, -0.1) is 5.10 Å². The number of benzene rings is 1. The molecule has 1 unspecified atom stereocenters. The van der Waals surface area contributed by atoms with Crippen molar-refractivity contribution in [1.82, 2.24) is 29.5 Å². The molecule has 3 aromatic heterocycles. The van der Waals surface area contributed by atoms with Crippen LogP contribution in [0.25, 0.3) is 22.2 Å². The number of anilines is 1. The monoisotopic (exact) mass is 387 g/mol. The predicted octanol–water partition coefficient (Wildman–Crippen LogP) is 3.99. The minimum Gasteiger partial charge on any atom is -0.383 e. The van der Waals surface area contributed by atoms with Crippen molar-refractivity contribution >= 4 is 16.9 Å². The number of aryl methyl sites for hydroxylation is 1. The number of nitrogen functional groups attached to an aromatic ring is 1. The van der Waals surface area contributed by atoms with Crippen LogP contribution in [0.15, 0.2) is 43.0 Å². The number of rotatable bonds is 5. The lowest BCUT2D eigenvalue weighted by Crippen LogP contribution is -2.18. The molecule has 7 nitrogen and oxygen atoms in total. The lowest BCUT2D eigenvalue weighted by Gasteiger charge is -2.24. The highest BCUT2D eigenvalue weighted by Crippen LogP contribution is 2.35. The van der Waals surface area contributed by atoms with E-state index in [0.29, 0.717) is 5.82 Å². The lowest BCUT2D eigenvalue weighted by atomic mass is 9.85. The largest absolute Gasteiger partial charge is 0.383 e. The SMILES string of the molecule is Cc1ccc(-c2cn(C(C)c3cn(CC4CCC4)nn3)c3ncnc(N)c23)cc1. The van der Waals surface area contributed by atoms with E-state index in [1.54, 1.807) is 0 Å². The van der Waals surface area contributed by atoms with Crippen molar-refractivity contribution < 1.29 is 0 Å². The van der Waals surface area contributed by atoms with Crippen LogP contribution in [-0.2, 0) is 6.54 Å². The number of hydrogen-bond donors (Lipinski definition) is 1. The Morgan fingerprint density at radius 2 is 1.93 bits per heavy atom. The van der Waals surface area contributed by atoms with Gasteiger partial charge in [-0.2, -0.15) is 0 Å². The maximum Gasteiger partial charge on any atom is 0.146 e. The van der Waals surface area contributed by atoms with Crippen LogP contribution in [0.3, 0.4) is 0 Å². The van der Waals surface area contributed by atoms with E-state index in [2.05, 4.69) is 75.4 Å². The van der Waals surface area contributed by atoms with Gasteiger partial charge in [0.2, 0.25) is 0 Å². The Kier molecular flexibility index (Phi) is 4.30. The fraction of sp³-hybridized carbons (Fsp3) is 0.364. The molecule has 0 bridgehead atoms. The standard InChI is InChI=1S/C22H25N7/c1-14-6-8-17(9-7-14)18-11-29(22-20(18)21(23)24-13-25-22)15(2)19-12-28(27-26-19)10-16-4-3-5-16/h6-9,11-13,15-16H,3-5,10H2,1-2H3,(H2,23,24,25). The van der Waals surface area contributed by atoms with E-state index in [1.165, 1.54) is 31.2 Å². The number of aromatic nitrogens is 6. The smallest absolute Gasteiger partial charge is 0.146 e. The van der Waals surface area contributed by atoms with Crippen molar-refractivity contribution in [2.75, 3.05) is 5.73 Å². The highest BCUT2D eigenvalue weighted by molar-refractivity contribution is 6.00. The molecule has 1 fully saturated rings. The average Bonchev–Trinajstić information content (AvgIpc) is 3.31. The first-order chi connectivity index (χ1) is 14.1. The summed E-state index contributed by atoms with van der Waals surface area (Å²) >= 11 is 0. The van der Waals surface area contributed by atoms with Crippen LogP contribution in [0.4, 0.5) is 5.82 Å². The molecular formula is C22H25N7. The van der Waals surface area contributed by atoms with Gasteiger partial charge in [0, 0.05) is 18.3 Å². The van der Waals surface area contributed by atoms with E-state index in [4.69, 9.17) is 5.73 Å². The molecule has 0 saturated heterocycles. The average molecular weight is 387 g/mol. The third kappa shape index (κ3) is 3.16. The molecule has 2 N–H and O–H groups in total. The zero-order chi connectivity index (χ0) is 20.0. The summed E-state index contributed by atoms with van der Waals surface area (Å²) in [7, 11) is 0. The Morgan fingerprint density at radius 3 is 2.66 bits per heavy atom. The van der Waals surface area contributed by atoms with E-state index in [1.807, 2.05) is 4.68 Å². The Balaban J connectivity index is 1.56. The molecule has 0 aliphatic heterocycles. The maximum atomic E-state index is 6.26. The summed E-state index contributed by atoms with van der Waals surface area (Å²) in [5, 5.41) is 9.68. The summed E-state index contributed by atoms with van der Waals surface area (Å²) in [6.07, 6.45) is 9.61. The molecule has 1 aliphatic carbocycles. The Hall–Kier alpha value is -3.22. The molecule has 1 saturated carbocycles. The van der Waals surface area contributed by atoms with Crippen LogP contribution in [0, 0.1) is 12.8 Å². The van der Waals surface area contributed by atoms with Gasteiger partial charge < -0.3 is 10.3 Å². The van der Waals surface area contributed by atoms with Gasteiger partial charge in [-0.25, -0.2) is 9.97 Å². The number of nitrogens with two attached hydrogens (primary N) is 1. The molecule has 4 aromatic rings. The molecular weight excluding hydrogens is 362 g/mol. The summed E-state index contributed by atoms with van der Waals surface area (Å²) in [4.78, 5) is 8.78. The van der Waals surface area contributed by atoms with Crippen molar-refractivity contribution in [3.05, 3.63) is 54.2 Å². The summed E-state index contributed by atoms with van der Waals surface area (Å²) in [6, 6.07) is 8.42. The fourth-order valence-electron chi connectivity index (χ4n) is 4.03. The molecule has 5 rings (SSSR count). The summed E-state index contributed by atoms with van der Waals surface area (Å²) in [5.74, 6) is 1.23. The van der Waals surface area contributed by atoms with Gasteiger partial charge >= 0.3 is 0 Å². The minimum atomic E-state index is -0.0128. The fourth-order valence-corrected chi connectivity index (χ4v) is 4.03. The third-order valence-electron chi connectivity index (χ3n) is 6.07. The molecule has 0 radical (unpaired) electrons. The van der Waals surface area contributed by atoms with Crippen molar-refractivity contribution in [1.29, 1.82) is 0 Å². The van der Waals surface area contributed by atoms with Crippen LogP contribution in [0.2, 0.25) is 0 Å². The summed E-state index contributed by atoms with van der Waals surface area (Å²) in [5.41, 5.74) is 11.4. The second-order valence-corrected chi connectivity index (χ2v) is 8.11. The highest BCUT2D eigenvalue weighted by Gasteiger charge is 2.22. The van der Waals surface area contributed by atoms with Crippen LogP contribution in [0.5, 0.6) is 0 Å². The first-order valence-electron chi connectivity index (χ1n) is 10.2. The molecule has 1 atom stereocenters. The van der Waals surface area contributed by atoms with Crippen molar-refractivity contribution in [2.24, 2.45) is 5.92 Å². The second kappa shape index (κ2) is 6.99. The van der Waals surface area contributed by atoms with Crippen molar-refractivity contribution in [3.63, 3.8) is 0 Å². The van der Waals surface area contributed by atoms with Crippen LogP contribution in [-0.4, -0.2) is 29.5 Å². The van der Waals surface area contributed by atoms with E-state index in [9.17, 15) is 0 Å². The topological polar surface area (TPSA) is 87.4 Å². The quantitative estimate of drug-likeness (QED) is 0.559. The molecule has 0 amide bonds. The van der Waals surface area contributed by atoms with Crippen LogP contribution >= 0.6 is 0 Å². The van der Waals surface area contributed by atoms with Crippen LogP contribution < -0.4 is 5.73 Å². The molecule has 1 aliphatic rings. The van der Waals surface area contributed by atoms with E-state index in [0.717, 1.165) is 40.3 Å². The minimum absolute atomic E-state index is 0.0128. The highest BCUT2D eigenvalue weighted by atomic mass is 15.4. The Morgan fingerprint density at radius 1 is 1.14 bits per heavy atom. The van der Waals surface area contributed by atoms with E-state index < -0.39 is 0 Å². The summed E-state index contributed by atoms with van der Waals surface area (Å²) in [6.45, 7) is 5.16. The van der Waals surface area contributed by atoms with E-state index >= 15 is 0 Å². The first-order valence-corrected chi connectivity index (χ1v) is 10.2. The normalized spacial score (nSPS) is 15.5. The number of nitrogens with zero attached hydrogens (tertiary/aromatic N) is 6. The summed E-state index contributed by atoms with van der Waals surface area (Å²) < 4.78 is 4.10. The first kappa shape index (κ1) is 17.8. The molecule has 0 spiro atoms. The van der Waals surface area contributed by atoms with Crippen LogP contribution in [0.1, 0.15) is 43.5 Å². The van der Waals surface area contributed by atoms with E-state index in [-0.39, 0.29) is 6.04 Å². The predicted molar refractivity (Wildman–Crippen MR) is 113 cm³/mol. The Bertz CT molecular complexity index is 1150. The molecule has 3 heterocycles. The molecule has 1 aromatic carbocycles. The van der Waals surface area contributed by atoms with Crippen molar-refractivity contribution in [3.8, 4) is 11.1 Å². The van der Waals surface area contributed by atoms with Gasteiger partial charge in [-0.3, -0.25) is 4.68 Å². The zero-order valence-corrected chi connectivity index (χ0v) is 16.8. The Labute approximate surface area is 169 Å². The molecule has 7 heteroatoms. The van der Waals surface area contributed by atoms with Gasteiger partial charge in [0.25, 0.3) is 0 Å². The third-order valence-corrected chi connectivity index (χ3v) is 6.07. The van der Waals surface area contributed by atoms with Gasteiger partial charge in [0.05, 0.1) is 17.6 Å². The lowest BCUT2D eigenvalue weighted by molar-refractivity contribution is 0.264. The maximum absolute atomic E-state index is 6.26. The molecule has 29 heavy (non-hydrogen) atoms. The van der Waals surface area contributed by atoms with Gasteiger partial charge in [-0.1, -0.05) is 41.5 Å². The number of fused-ring (bicyclic) bond motifs is 1. The second-order valence-electron chi connectivity index (χ2n) is 8.11.